The van der Waals surface area contributed by atoms with E-state index in [-0.39, 0.29) is 13.0 Å². The summed E-state index contributed by atoms with van der Waals surface area (Å²) in [6.45, 7) is 1.70. The van der Waals surface area contributed by atoms with Gasteiger partial charge in [0.05, 0.1) is 6.42 Å². The van der Waals surface area contributed by atoms with Gasteiger partial charge in [-0.05, 0) is 12.1 Å². The van der Waals surface area contributed by atoms with Crippen molar-refractivity contribution in [1.82, 2.24) is 5.06 Å². The predicted octanol–water partition coefficient (Wildman–Crippen LogP) is 0.418. The van der Waals surface area contributed by atoms with Gasteiger partial charge < -0.3 is 21.2 Å². The zero-order chi connectivity index (χ0) is 14.8. The SMILES string of the molecule is CCN(O)[C@@H](CC(N)=O)C(=O)O.Oc1ccccc1. The minimum absolute atomic E-state index is 0.129. The van der Waals surface area contributed by atoms with E-state index >= 15 is 0 Å². The summed E-state index contributed by atoms with van der Waals surface area (Å²) in [5, 5.41) is 26.7. The molecule has 0 unspecified atom stereocenters. The molecule has 0 aliphatic carbocycles. The summed E-state index contributed by atoms with van der Waals surface area (Å²) in [5.41, 5.74) is 4.78. The van der Waals surface area contributed by atoms with Crippen molar-refractivity contribution in [2.75, 3.05) is 6.54 Å². The van der Waals surface area contributed by atoms with Crippen LogP contribution in [0, 0.1) is 0 Å². The Morgan fingerprint density at radius 3 is 2.11 bits per heavy atom. The number of hydrogen-bond acceptors (Lipinski definition) is 5. The highest BCUT2D eigenvalue weighted by molar-refractivity contribution is 5.83. The van der Waals surface area contributed by atoms with Gasteiger partial charge in [0.1, 0.15) is 11.8 Å². The molecule has 0 aliphatic rings. The van der Waals surface area contributed by atoms with Gasteiger partial charge in [-0.15, -0.1) is 0 Å². The van der Waals surface area contributed by atoms with E-state index in [9.17, 15) is 9.59 Å². The number of nitrogens with zero attached hydrogens (tertiary/aromatic N) is 1. The van der Waals surface area contributed by atoms with E-state index in [0.717, 1.165) is 0 Å². The Kier molecular flexibility index (Phi) is 7.90. The second kappa shape index (κ2) is 8.90. The van der Waals surface area contributed by atoms with Crippen LogP contribution in [0.15, 0.2) is 30.3 Å². The molecule has 1 amide bonds. The average Bonchev–Trinajstić information content (AvgIpc) is 2.36. The summed E-state index contributed by atoms with van der Waals surface area (Å²) in [4.78, 5) is 20.8. The van der Waals surface area contributed by atoms with Gasteiger partial charge in [-0.1, -0.05) is 25.1 Å². The molecule has 1 aromatic carbocycles. The zero-order valence-corrected chi connectivity index (χ0v) is 10.6. The Bertz CT molecular complexity index is 396. The van der Waals surface area contributed by atoms with E-state index in [0.29, 0.717) is 10.8 Å². The van der Waals surface area contributed by atoms with E-state index in [1.54, 1.807) is 31.2 Å². The number of benzene rings is 1. The normalized spacial score (nSPS) is 11.3. The number of primary amides is 1. The monoisotopic (exact) mass is 270 g/mol. The van der Waals surface area contributed by atoms with E-state index in [2.05, 4.69) is 0 Å². The van der Waals surface area contributed by atoms with Crippen LogP contribution in [0.25, 0.3) is 0 Å². The molecule has 1 atom stereocenters. The molecule has 0 aromatic heterocycles. The number of para-hydroxylation sites is 1. The van der Waals surface area contributed by atoms with Crippen molar-refractivity contribution < 1.29 is 25.0 Å². The second-order valence-corrected chi connectivity index (χ2v) is 3.62. The lowest BCUT2D eigenvalue weighted by molar-refractivity contribution is -0.170. The summed E-state index contributed by atoms with van der Waals surface area (Å²) in [7, 11) is 0. The van der Waals surface area contributed by atoms with Crippen LogP contribution < -0.4 is 5.73 Å². The van der Waals surface area contributed by atoms with Gasteiger partial charge in [0.15, 0.2) is 0 Å². The van der Waals surface area contributed by atoms with Crippen LogP contribution in [-0.4, -0.2) is 44.9 Å². The number of aliphatic carboxylic acids is 1. The van der Waals surface area contributed by atoms with Gasteiger partial charge in [-0.25, -0.2) is 0 Å². The maximum atomic E-state index is 10.4. The standard InChI is InChI=1S/C6H12N2O4.C6H6O/c1-2-8(12)4(6(10)11)3-5(7)9;7-6-4-2-1-3-5-6/h4,12H,2-3H2,1H3,(H2,7,9)(H,10,11);1-5,7H/t4-;/m0./s1. The lowest BCUT2D eigenvalue weighted by Gasteiger charge is -2.19. The van der Waals surface area contributed by atoms with Gasteiger partial charge in [0, 0.05) is 6.54 Å². The van der Waals surface area contributed by atoms with Crippen molar-refractivity contribution in [1.29, 1.82) is 0 Å². The molecule has 0 spiro atoms. The van der Waals surface area contributed by atoms with Crippen molar-refractivity contribution in [3.63, 3.8) is 0 Å². The largest absolute Gasteiger partial charge is 0.508 e. The van der Waals surface area contributed by atoms with Gasteiger partial charge >= 0.3 is 5.97 Å². The third-order valence-corrected chi connectivity index (χ3v) is 2.12. The molecule has 1 rings (SSSR count). The highest BCUT2D eigenvalue weighted by Crippen LogP contribution is 2.02. The minimum Gasteiger partial charge on any atom is -0.508 e. The molecule has 19 heavy (non-hydrogen) atoms. The molecule has 1 aromatic rings. The van der Waals surface area contributed by atoms with Gasteiger partial charge in [-0.3, -0.25) is 9.59 Å². The van der Waals surface area contributed by atoms with E-state index in [1.165, 1.54) is 0 Å². The first-order valence-corrected chi connectivity index (χ1v) is 5.59. The number of phenols is 1. The molecule has 0 radical (unpaired) electrons. The first kappa shape index (κ1) is 16.9. The Hall–Kier alpha value is -2.12. The molecule has 0 fully saturated rings. The van der Waals surface area contributed by atoms with Gasteiger partial charge in [0.2, 0.25) is 5.91 Å². The molecule has 0 aliphatic heterocycles. The number of phenolic OH excluding ortho intramolecular Hbond substituents is 1. The third-order valence-electron chi connectivity index (χ3n) is 2.12. The van der Waals surface area contributed by atoms with E-state index in [4.69, 9.17) is 21.2 Å². The van der Waals surface area contributed by atoms with Crippen LogP contribution >= 0.6 is 0 Å². The third kappa shape index (κ3) is 7.74. The Morgan fingerprint density at radius 2 is 1.84 bits per heavy atom. The first-order chi connectivity index (χ1) is 8.88. The highest BCUT2D eigenvalue weighted by Gasteiger charge is 2.24. The van der Waals surface area contributed by atoms with E-state index in [1.807, 2.05) is 6.07 Å². The summed E-state index contributed by atoms with van der Waals surface area (Å²) in [6, 6.07) is 7.47. The Labute approximate surface area is 110 Å². The first-order valence-electron chi connectivity index (χ1n) is 5.59. The number of nitrogens with two attached hydrogens (primary N) is 1. The van der Waals surface area contributed by atoms with Crippen LogP contribution in [0.5, 0.6) is 5.75 Å². The number of hydrogen-bond donors (Lipinski definition) is 4. The van der Waals surface area contributed by atoms with Gasteiger partial charge in [-0.2, -0.15) is 5.06 Å². The van der Waals surface area contributed by atoms with Gasteiger partial charge in [0.25, 0.3) is 0 Å². The number of aromatic hydroxyl groups is 1. The minimum atomic E-state index is -1.27. The summed E-state index contributed by atoms with van der Waals surface area (Å²) in [6.07, 6.45) is -0.389. The van der Waals surface area contributed by atoms with Crippen molar-refractivity contribution in [2.24, 2.45) is 5.73 Å². The molecular weight excluding hydrogens is 252 g/mol. The number of hydroxylamine groups is 2. The van der Waals surface area contributed by atoms with E-state index < -0.39 is 17.9 Å². The summed E-state index contributed by atoms with van der Waals surface area (Å²) >= 11 is 0. The maximum absolute atomic E-state index is 10.4. The molecule has 7 heteroatoms. The van der Waals surface area contributed by atoms with Crippen LogP contribution in [0.4, 0.5) is 0 Å². The fourth-order valence-electron chi connectivity index (χ4n) is 1.16. The lowest BCUT2D eigenvalue weighted by atomic mass is 10.2. The number of carbonyl (C=O) groups excluding carboxylic acids is 1. The molecule has 0 saturated heterocycles. The topological polar surface area (TPSA) is 124 Å². The zero-order valence-electron chi connectivity index (χ0n) is 10.6. The molecule has 106 valence electrons. The number of amides is 1. The molecule has 0 bridgehead atoms. The number of carbonyl (C=O) groups is 2. The van der Waals surface area contributed by atoms with Crippen molar-refractivity contribution in [3.8, 4) is 5.75 Å². The molecule has 0 heterocycles. The van der Waals surface area contributed by atoms with Crippen molar-refractivity contribution in [2.45, 2.75) is 19.4 Å². The van der Waals surface area contributed by atoms with Crippen molar-refractivity contribution in [3.05, 3.63) is 30.3 Å². The molecule has 5 N–H and O–H groups in total. The number of likely N-dealkylation sites (N-methyl/N-ethyl adjacent to an activating group) is 1. The Balaban J connectivity index is 0.000000388. The maximum Gasteiger partial charge on any atom is 0.323 e. The summed E-state index contributed by atoms with van der Waals surface area (Å²) < 4.78 is 0. The van der Waals surface area contributed by atoms with Crippen LogP contribution in [0.1, 0.15) is 13.3 Å². The smallest absolute Gasteiger partial charge is 0.323 e. The fourth-order valence-corrected chi connectivity index (χ4v) is 1.16. The highest BCUT2D eigenvalue weighted by atomic mass is 16.5. The van der Waals surface area contributed by atoms with Crippen molar-refractivity contribution >= 4 is 11.9 Å². The molecule has 7 nitrogen and oxygen atoms in total. The quantitative estimate of drug-likeness (QED) is 0.575. The molecule has 0 saturated carbocycles. The van der Waals surface area contributed by atoms with Crippen LogP contribution in [0.3, 0.4) is 0 Å². The van der Waals surface area contributed by atoms with Crippen LogP contribution in [-0.2, 0) is 9.59 Å². The Morgan fingerprint density at radius 1 is 1.32 bits per heavy atom. The average molecular weight is 270 g/mol. The number of rotatable bonds is 5. The molecular formula is C12H18N2O5. The summed E-state index contributed by atoms with van der Waals surface area (Å²) in [5.74, 6) is -1.70. The number of carboxylic acids is 1. The fraction of sp³-hybridized carbons (Fsp3) is 0.333. The predicted molar refractivity (Wildman–Crippen MR) is 67.5 cm³/mol. The van der Waals surface area contributed by atoms with Crippen LogP contribution in [0.2, 0.25) is 0 Å². The second-order valence-electron chi connectivity index (χ2n) is 3.62. The number of carboxylic acid groups (broad SMARTS) is 1. The lowest BCUT2D eigenvalue weighted by Crippen LogP contribution is -2.41.